The quantitative estimate of drug-likeness (QED) is 0.849. The fourth-order valence-electron chi connectivity index (χ4n) is 1.97. The molecule has 2 N–H and O–H groups in total. The van der Waals surface area contributed by atoms with Crippen LogP contribution in [0.1, 0.15) is 25.0 Å². The molecular weight excluding hydrogens is 270 g/mol. The minimum absolute atomic E-state index is 0.0150. The highest BCUT2D eigenvalue weighted by Crippen LogP contribution is 2.28. The van der Waals surface area contributed by atoms with Gasteiger partial charge in [0.05, 0.1) is 17.9 Å². The fraction of sp³-hybridized carbons (Fsp3) is 0.312. The number of aliphatic hydroxyl groups is 2. The maximum Gasteiger partial charge on any atom is 0.0855 e. The third-order valence-corrected chi connectivity index (χ3v) is 3.96. The summed E-state index contributed by atoms with van der Waals surface area (Å²) in [5, 5.41) is 19.4. The van der Waals surface area contributed by atoms with Crippen LogP contribution in [0.2, 0.25) is 0 Å². The Morgan fingerprint density at radius 1 is 1.20 bits per heavy atom. The van der Waals surface area contributed by atoms with Crippen molar-refractivity contribution in [3.8, 4) is 11.3 Å². The van der Waals surface area contributed by atoms with Crippen molar-refractivity contribution in [2.45, 2.75) is 31.0 Å². The highest BCUT2D eigenvalue weighted by Gasteiger charge is 2.16. The summed E-state index contributed by atoms with van der Waals surface area (Å²) in [6, 6.07) is 9.70. The predicted molar refractivity (Wildman–Crippen MR) is 82.6 cm³/mol. The number of aromatic nitrogens is 1. The van der Waals surface area contributed by atoms with E-state index in [9.17, 15) is 10.2 Å². The molecule has 2 rings (SSSR count). The molecule has 0 fully saturated rings. The molecule has 0 bridgehead atoms. The number of rotatable bonds is 4. The Kier molecular flexibility index (Phi) is 4.48. The number of thioether (sulfide) groups is 1. The molecule has 1 aromatic carbocycles. The fourth-order valence-corrected chi connectivity index (χ4v) is 2.41. The van der Waals surface area contributed by atoms with E-state index in [1.807, 2.05) is 36.6 Å². The van der Waals surface area contributed by atoms with Crippen LogP contribution in [0, 0.1) is 0 Å². The second-order valence-electron chi connectivity index (χ2n) is 5.17. The molecule has 3 nitrogen and oxygen atoms in total. The van der Waals surface area contributed by atoms with Crippen molar-refractivity contribution in [3.63, 3.8) is 0 Å². The molecule has 1 aromatic heterocycles. The molecule has 0 spiro atoms. The molecule has 0 aliphatic heterocycles. The Hall–Kier alpha value is -1.36. The van der Waals surface area contributed by atoms with Gasteiger partial charge >= 0.3 is 0 Å². The maximum absolute atomic E-state index is 9.95. The molecule has 20 heavy (non-hydrogen) atoms. The first kappa shape index (κ1) is 15.0. The van der Waals surface area contributed by atoms with Gasteiger partial charge < -0.3 is 10.2 Å². The van der Waals surface area contributed by atoms with Gasteiger partial charge in [0.1, 0.15) is 0 Å². The Morgan fingerprint density at radius 2 is 1.95 bits per heavy atom. The van der Waals surface area contributed by atoms with Gasteiger partial charge in [0.15, 0.2) is 0 Å². The molecule has 1 heterocycles. The monoisotopic (exact) mass is 289 g/mol. The zero-order valence-electron chi connectivity index (χ0n) is 11.9. The van der Waals surface area contributed by atoms with Crippen LogP contribution in [-0.4, -0.2) is 21.5 Å². The number of benzene rings is 1. The molecule has 106 valence electrons. The first-order chi connectivity index (χ1) is 9.45. The van der Waals surface area contributed by atoms with Crippen molar-refractivity contribution in [2.24, 2.45) is 0 Å². The first-order valence-corrected chi connectivity index (χ1v) is 7.65. The lowest BCUT2D eigenvalue weighted by Gasteiger charge is -2.17. The molecule has 2 aromatic rings. The largest absolute Gasteiger partial charge is 0.392 e. The highest BCUT2D eigenvalue weighted by atomic mass is 32.2. The van der Waals surface area contributed by atoms with Gasteiger partial charge in [0.25, 0.3) is 0 Å². The lowest BCUT2D eigenvalue weighted by molar-refractivity contribution is 0.0782. The van der Waals surface area contributed by atoms with Crippen LogP contribution in [-0.2, 0) is 12.2 Å². The number of pyridine rings is 1. The predicted octanol–water partition coefficient (Wildman–Crippen LogP) is 3.19. The third kappa shape index (κ3) is 3.20. The van der Waals surface area contributed by atoms with E-state index in [1.165, 1.54) is 0 Å². The molecule has 0 aliphatic carbocycles. The zero-order valence-corrected chi connectivity index (χ0v) is 12.7. The van der Waals surface area contributed by atoms with Crippen molar-refractivity contribution in [1.29, 1.82) is 0 Å². The second kappa shape index (κ2) is 5.95. The lowest BCUT2D eigenvalue weighted by Crippen LogP contribution is -2.15. The molecule has 0 amide bonds. The Morgan fingerprint density at radius 3 is 2.45 bits per heavy atom. The van der Waals surface area contributed by atoms with Gasteiger partial charge in [-0.3, -0.25) is 4.98 Å². The summed E-state index contributed by atoms with van der Waals surface area (Å²) >= 11 is 1.65. The number of aliphatic hydroxyl groups excluding tert-OH is 1. The van der Waals surface area contributed by atoms with Gasteiger partial charge in [-0.2, -0.15) is 0 Å². The van der Waals surface area contributed by atoms with E-state index in [0.717, 1.165) is 27.3 Å². The summed E-state index contributed by atoms with van der Waals surface area (Å²) in [6.45, 7) is 3.45. The summed E-state index contributed by atoms with van der Waals surface area (Å²) < 4.78 is 0. The first-order valence-electron chi connectivity index (χ1n) is 6.42. The van der Waals surface area contributed by atoms with Crippen molar-refractivity contribution < 1.29 is 10.2 Å². The standard InChI is InChI=1S/C16H19NO2S/c1-16(2,19)12-5-7-15(17-9-12)14-8-13(20-3)6-4-11(14)10-18/h4-9,18-19H,10H2,1-3H3. The van der Waals surface area contributed by atoms with E-state index < -0.39 is 5.60 Å². The average Bonchev–Trinajstić information content (AvgIpc) is 2.45. The SMILES string of the molecule is CSc1ccc(CO)c(-c2ccc(C(C)(C)O)cn2)c1. The summed E-state index contributed by atoms with van der Waals surface area (Å²) in [5.41, 5.74) is 2.46. The van der Waals surface area contributed by atoms with Crippen LogP contribution in [0.3, 0.4) is 0 Å². The smallest absolute Gasteiger partial charge is 0.0855 e. The van der Waals surface area contributed by atoms with Gasteiger partial charge in [0.2, 0.25) is 0 Å². The normalized spacial score (nSPS) is 11.7. The van der Waals surface area contributed by atoms with Gasteiger partial charge in [-0.1, -0.05) is 12.1 Å². The van der Waals surface area contributed by atoms with E-state index in [1.54, 1.807) is 31.8 Å². The van der Waals surface area contributed by atoms with E-state index in [-0.39, 0.29) is 6.61 Å². The molecule has 0 aliphatic rings. The zero-order chi connectivity index (χ0) is 14.8. The molecule has 0 radical (unpaired) electrons. The average molecular weight is 289 g/mol. The second-order valence-corrected chi connectivity index (χ2v) is 6.05. The maximum atomic E-state index is 9.95. The van der Waals surface area contributed by atoms with Crippen molar-refractivity contribution >= 4 is 11.8 Å². The third-order valence-electron chi connectivity index (χ3n) is 3.23. The van der Waals surface area contributed by atoms with Gasteiger partial charge in [0, 0.05) is 22.2 Å². The van der Waals surface area contributed by atoms with Crippen LogP contribution >= 0.6 is 11.8 Å². The Bertz CT molecular complexity index is 588. The van der Waals surface area contributed by atoms with Gasteiger partial charge in [-0.15, -0.1) is 11.8 Å². The molecule has 0 saturated carbocycles. The summed E-state index contributed by atoms with van der Waals surface area (Å²) in [5.74, 6) is 0. The van der Waals surface area contributed by atoms with Crippen molar-refractivity contribution in [1.82, 2.24) is 4.98 Å². The topological polar surface area (TPSA) is 53.4 Å². The summed E-state index contributed by atoms with van der Waals surface area (Å²) in [4.78, 5) is 5.55. The van der Waals surface area contributed by atoms with Gasteiger partial charge in [-0.25, -0.2) is 0 Å². The molecule has 0 atom stereocenters. The molecule has 0 unspecified atom stereocenters. The van der Waals surface area contributed by atoms with Crippen LogP contribution in [0.4, 0.5) is 0 Å². The Labute approximate surface area is 123 Å². The van der Waals surface area contributed by atoms with Crippen molar-refractivity contribution in [3.05, 3.63) is 47.7 Å². The van der Waals surface area contributed by atoms with Crippen molar-refractivity contribution in [2.75, 3.05) is 6.26 Å². The lowest BCUT2D eigenvalue weighted by atomic mass is 9.98. The van der Waals surface area contributed by atoms with Crippen LogP contribution < -0.4 is 0 Å². The number of nitrogens with zero attached hydrogens (tertiary/aromatic N) is 1. The Balaban J connectivity index is 2.45. The van der Waals surface area contributed by atoms with Crippen LogP contribution in [0.15, 0.2) is 41.4 Å². The van der Waals surface area contributed by atoms with Crippen LogP contribution in [0.25, 0.3) is 11.3 Å². The van der Waals surface area contributed by atoms with E-state index in [0.29, 0.717) is 0 Å². The van der Waals surface area contributed by atoms with E-state index in [2.05, 4.69) is 4.98 Å². The van der Waals surface area contributed by atoms with Crippen LogP contribution in [0.5, 0.6) is 0 Å². The number of hydrogen-bond acceptors (Lipinski definition) is 4. The molecular formula is C16H19NO2S. The van der Waals surface area contributed by atoms with E-state index >= 15 is 0 Å². The number of hydrogen-bond donors (Lipinski definition) is 2. The van der Waals surface area contributed by atoms with E-state index in [4.69, 9.17) is 0 Å². The minimum atomic E-state index is -0.896. The highest BCUT2D eigenvalue weighted by molar-refractivity contribution is 7.98. The summed E-state index contributed by atoms with van der Waals surface area (Å²) in [7, 11) is 0. The van der Waals surface area contributed by atoms with Gasteiger partial charge in [-0.05, 0) is 43.9 Å². The summed E-state index contributed by atoms with van der Waals surface area (Å²) in [6.07, 6.45) is 3.70. The molecule has 4 heteroatoms. The molecule has 0 saturated heterocycles. The minimum Gasteiger partial charge on any atom is -0.392 e.